The SMILES string of the molecule is C=CCOc1c(C)c2c(c3c1C(=O)CN(C(=O)[C@H](Cc1cc(C)c(OC)c(OCc4ccccc4)c1C=O)N(C)C(=O)OC(C)(C)C)[C@H]3COCc1ccccc1)OCO2.C=CCOc1c(C)c2c(c3c1C(=O)[C@@H]1[C@H]4c5c(cc(C)c(OC)c5OCc5ccccc5)C[C@@H](C(=O)N1[C@H]3COCc1ccccc1)N4C)OCO2. The number of carbonyl (C=O) groups is 6. The van der Waals surface area contributed by atoms with E-state index in [1.807, 2.05) is 147 Å². The number of Topliss-reactive ketones (excluding diaryl/α,β-unsaturated/α-hetero) is 2. The van der Waals surface area contributed by atoms with Crippen LogP contribution < -0.4 is 47.4 Å². The molecule has 584 valence electrons. The number of carbonyl (C=O) groups excluding carboxylic acids is 6. The number of benzene rings is 8. The number of likely N-dealkylation sites (N-methyl/N-ethyl adjacent to an activating group) is 2. The molecule has 8 aromatic carbocycles. The Balaban J connectivity index is 0.000000198. The smallest absolute Gasteiger partial charge is 0.410 e. The number of piperazine rings is 1. The topological polar surface area (TPSA) is 235 Å². The Morgan fingerprint density at radius 3 is 1.57 bits per heavy atom. The van der Waals surface area contributed by atoms with E-state index in [1.54, 1.807) is 64.8 Å². The van der Waals surface area contributed by atoms with Crippen LogP contribution in [-0.4, -0.2) is 154 Å². The maximum Gasteiger partial charge on any atom is 0.410 e. The number of hydrogen-bond donors (Lipinski definition) is 0. The van der Waals surface area contributed by atoms with Crippen LogP contribution in [0.4, 0.5) is 4.79 Å². The van der Waals surface area contributed by atoms with Crippen molar-refractivity contribution in [1.82, 2.24) is 19.6 Å². The molecular formula is C89H94N4O19. The number of fused-ring (bicyclic) bond motifs is 12. The van der Waals surface area contributed by atoms with E-state index in [2.05, 4.69) is 19.2 Å². The summed E-state index contributed by atoms with van der Waals surface area (Å²) in [6, 6.07) is 37.7. The summed E-state index contributed by atoms with van der Waals surface area (Å²) in [5.41, 5.74) is 9.50. The fourth-order valence-corrected chi connectivity index (χ4v) is 15.9. The molecule has 1 fully saturated rings. The predicted molar refractivity (Wildman–Crippen MR) is 417 cm³/mol. The third kappa shape index (κ3) is 15.5. The number of ether oxygens (including phenoxy) is 13. The third-order valence-corrected chi connectivity index (χ3v) is 21.0. The highest BCUT2D eigenvalue weighted by Gasteiger charge is 2.60. The molecule has 0 aliphatic carbocycles. The summed E-state index contributed by atoms with van der Waals surface area (Å²) in [5, 5.41) is 0. The maximum absolute atomic E-state index is 15.4. The molecule has 8 aromatic rings. The number of aldehydes is 1. The fraction of sp³-hybridized carbons (Fsp3) is 0.348. The predicted octanol–water partition coefficient (Wildman–Crippen LogP) is 14.2. The molecule has 23 nitrogen and oxygen atoms in total. The maximum atomic E-state index is 15.4. The lowest BCUT2D eigenvalue weighted by Gasteiger charge is -2.56. The first kappa shape index (κ1) is 78.5. The zero-order valence-electron chi connectivity index (χ0n) is 65.1. The van der Waals surface area contributed by atoms with Gasteiger partial charge in [0.25, 0.3) is 0 Å². The first-order valence-corrected chi connectivity index (χ1v) is 37.3. The summed E-state index contributed by atoms with van der Waals surface area (Å²) in [4.78, 5) is 93.6. The summed E-state index contributed by atoms with van der Waals surface area (Å²) < 4.78 is 79.7. The highest BCUT2D eigenvalue weighted by atomic mass is 16.7. The van der Waals surface area contributed by atoms with Gasteiger partial charge in [-0.1, -0.05) is 159 Å². The quantitative estimate of drug-likeness (QED) is 0.0344. The number of hydrogen-bond acceptors (Lipinski definition) is 20. The number of amides is 3. The van der Waals surface area contributed by atoms with E-state index in [-0.39, 0.29) is 94.8 Å². The molecular weight excluding hydrogens is 1430 g/mol. The van der Waals surface area contributed by atoms with Crippen molar-refractivity contribution in [2.45, 2.75) is 130 Å². The minimum Gasteiger partial charge on any atom is -0.493 e. The van der Waals surface area contributed by atoms with Crippen LogP contribution in [0.1, 0.15) is 142 Å². The molecule has 6 heterocycles. The lowest BCUT2D eigenvalue weighted by Crippen LogP contribution is -2.68. The van der Waals surface area contributed by atoms with Crippen LogP contribution in [0, 0.1) is 27.7 Å². The van der Waals surface area contributed by atoms with E-state index in [0.717, 1.165) is 38.9 Å². The number of rotatable bonds is 27. The Morgan fingerprint density at radius 1 is 0.589 bits per heavy atom. The van der Waals surface area contributed by atoms with Gasteiger partial charge in [-0.3, -0.25) is 33.8 Å². The van der Waals surface area contributed by atoms with Crippen LogP contribution in [0.2, 0.25) is 0 Å². The molecule has 0 radical (unpaired) electrons. The molecule has 0 spiro atoms. The summed E-state index contributed by atoms with van der Waals surface area (Å²) in [7, 11) is 6.50. The van der Waals surface area contributed by atoms with Crippen LogP contribution in [0.5, 0.6) is 57.5 Å². The lowest BCUT2D eigenvalue weighted by molar-refractivity contribution is -0.156. The molecule has 23 heteroatoms. The average Bonchev–Trinajstić information content (AvgIpc) is 0.947. The van der Waals surface area contributed by atoms with Crippen molar-refractivity contribution in [1.29, 1.82) is 0 Å². The van der Waals surface area contributed by atoms with Gasteiger partial charge in [0, 0.05) is 41.3 Å². The van der Waals surface area contributed by atoms with Crippen LogP contribution in [-0.2, 0) is 63.1 Å². The Bertz CT molecular complexity index is 4890. The monoisotopic (exact) mass is 1520 g/mol. The normalized spacial score (nSPS) is 17.8. The molecule has 1 saturated heterocycles. The molecule has 0 N–H and O–H groups in total. The molecule has 0 aromatic heterocycles. The summed E-state index contributed by atoms with van der Waals surface area (Å²) >= 11 is 0. The van der Waals surface area contributed by atoms with Gasteiger partial charge in [-0.15, -0.1) is 0 Å². The van der Waals surface area contributed by atoms with Gasteiger partial charge in [-0.25, -0.2) is 4.79 Å². The first-order chi connectivity index (χ1) is 54.1. The van der Waals surface area contributed by atoms with E-state index >= 15 is 9.59 Å². The zero-order valence-corrected chi connectivity index (χ0v) is 65.1. The van der Waals surface area contributed by atoms with Crippen molar-refractivity contribution in [3.05, 3.63) is 248 Å². The first-order valence-electron chi connectivity index (χ1n) is 37.3. The van der Waals surface area contributed by atoms with E-state index in [9.17, 15) is 19.2 Å². The molecule has 14 rings (SSSR count). The molecule has 3 amide bonds. The highest BCUT2D eigenvalue weighted by molar-refractivity contribution is 6.10. The Morgan fingerprint density at radius 2 is 1.06 bits per heavy atom. The van der Waals surface area contributed by atoms with Crippen molar-refractivity contribution in [2.75, 3.05) is 74.9 Å². The van der Waals surface area contributed by atoms with Crippen molar-refractivity contribution in [3.8, 4) is 57.5 Å². The second-order valence-corrected chi connectivity index (χ2v) is 29.4. The number of methoxy groups -OCH3 is 2. The summed E-state index contributed by atoms with van der Waals surface area (Å²) in [6.07, 6.45) is 3.36. The molecule has 2 bridgehead atoms. The third-order valence-electron chi connectivity index (χ3n) is 21.0. The minimum atomic E-state index is -1.30. The van der Waals surface area contributed by atoms with Gasteiger partial charge in [0.1, 0.15) is 55.6 Å². The number of nitrogens with zero attached hydrogens (tertiary/aromatic N) is 4. The molecule has 0 unspecified atom stereocenters. The number of aryl methyl sites for hydroxylation is 2. The van der Waals surface area contributed by atoms with Gasteiger partial charge in [0.2, 0.25) is 25.4 Å². The Kier molecular flexibility index (Phi) is 23.7. The lowest BCUT2D eigenvalue weighted by atomic mass is 9.73. The van der Waals surface area contributed by atoms with E-state index in [0.29, 0.717) is 117 Å². The van der Waals surface area contributed by atoms with Gasteiger partial charge < -0.3 is 71.4 Å². The van der Waals surface area contributed by atoms with Crippen LogP contribution in [0.25, 0.3) is 0 Å². The van der Waals surface area contributed by atoms with Crippen LogP contribution >= 0.6 is 0 Å². The van der Waals surface area contributed by atoms with Gasteiger partial charge >= 0.3 is 6.09 Å². The molecule has 6 aliphatic rings. The molecule has 6 atom stereocenters. The van der Waals surface area contributed by atoms with E-state index < -0.39 is 59.6 Å². The molecule has 0 saturated carbocycles. The Hall–Kier alpha value is -11.7. The van der Waals surface area contributed by atoms with Crippen molar-refractivity contribution >= 4 is 35.8 Å². The number of ketones is 2. The van der Waals surface area contributed by atoms with Gasteiger partial charge in [-0.2, -0.15) is 0 Å². The van der Waals surface area contributed by atoms with Crippen molar-refractivity contribution < 1.29 is 90.3 Å². The zero-order chi connectivity index (χ0) is 79.2. The summed E-state index contributed by atoms with van der Waals surface area (Å²) in [6.45, 7) is 21.0. The second kappa shape index (κ2) is 33.9. The standard InChI is InChI=1S/C47H52N2O11.C42H42N2O8/c1-9-20-56-41-30(3)42-44(59-28-58-42)38-36(27-55-25-31-16-12-10-13-17-31)49(23-37(51)39(38)41)45(52)35(48(7)46(53)60-47(4,5)6)22-33-21-29(2)40(54-8)43(34(33)24-50)57-26-32-18-14-11-15-19-32;1-6-17-49-38-25(3)39-41(52-23-51-39)32-30(22-48-20-26-13-9-7-10-14-26)44-35(36(45)33(32)38)34-31-28(19-29(42(44)46)43(34)4)18-24(2)37(47-5)40(31)50-21-27-15-11-8-12-16-27/h9-19,21,24,35-36H,1,20,22-23,25-28H2,2-8H3;6-16,18,29-30,34-35H,1,17,19-23H2,2-5H3/t35-,36-;29-,30-,34+,35-/m00/s1. The van der Waals surface area contributed by atoms with Gasteiger partial charge in [0.15, 0.2) is 63.8 Å². The molecule has 6 aliphatic heterocycles. The van der Waals surface area contributed by atoms with E-state index in [1.165, 1.54) is 24.0 Å². The minimum absolute atomic E-state index is 0.0146. The fourth-order valence-electron chi connectivity index (χ4n) is 15.9. The van der Waals surface area contributed by atoms with Crippen molar-refractivity contribution in [2.24, 2.45) is 0 Å². The largest absolute Gasteiger partial charge is 0.493 e. The van der Waals surface area contributed by atoms with Gasteiger partial charge in [-0.05, 0) is 106 Å². The van der Waals surface area contributed by atoms with Crippen LogP contribution in [0.15, 0.2) is 159 Å². The van der Waals surface area contributed by atoms with Crippen LogP contribution in [0.3, 0.4) is 0 Å². The highest BCUT2D eigenvalue weighted by Crippen LogP contribution is 2.59. The summed E-state index contributed by atoms with van der Waals surface area (Å²) in [5.74, 6) is 2.65. The molecule has 112 heavy (non-hydrogen) atoms. The Labute approximate surface area is 652 Å². The van der Waals surface area contributed by atoms with Gasteiger partial charge in [0.05, 0.1) is 88.0 Å². The van der Waals surface area contributed by atoms with E-state index in [4.69, 9.17) is 61.6 Å². The second-order valence-electron chi connectivity index (χ2n) is 29.4. The van der Waals surface area contributed by atoms with Crippen molar-refractivity contribution in [3.63, 3.8) is 0 Å². The average molecular weight is 1520 g/mol.